The number of nitrogens with one attached hydrogen (secondary N) is 1. The Hall–Kier alpha value is -0.540. The molecule has 1 N–H and O–H groups in total. The maximum atomic E-state index is 6.26. The first-order chi connectivity index (χ1) is 8.08. The zero-order valence-corrected chi connectivity index (χ0v) is 11.7. The van der Waals surface area contributed by atoms with Crippen LogP contribution in [0, 0.1) is 12.8 Å². The second-order valence-corrected chi connectivity index (χ2v) is 5.69. The molecule has 4 heteroatoms. The van der Waals surface area contributed by atoms with Gasteiger partial charge in [0.1, 0.15) is 0 Å². The average Bonchev–Trinajstić information content (AvgIpc) is 2.43. The summed E-state index contributed by atoms with van der Waals surface area (Å²) in [7, 11) is 1.97. The highest BCUT2D eigenvalue weighted by atomic mass is 35.5. The molecule has 0 aromatic carbocycles. The van der Waals surface area contributed by atoms with Gasteiger partial charge in [-0.2, -0.15) is 5.10 Å². The maximum absolute atomic E-state index is 6.26. The van der Waals surface area contributed by atoms with Crippen molar-refractivity contribution in [2.75, 3.05) is 6.54 Å². The molecule has 0 amide bonds. The van der Waals surface area contributed by atoms with Gasteiger partial charge in [-0.25, -0.2) is 0 Å². The molecule has 96 valence electrons. The summed E-state index contributed by atoms with van der Waals surface area (Å²) in [5, 5.41) is 8.80. The first kappa shape index (κ1) is 12.9. The Morgan fingerprint density at radius 2 is 2.24 bits per heavy atom. The molecule has 1 fully saturated rings. The molecule has 2 rings (SSSR count). The molecule has 1 heterocycles. The molecule has 0 saturated heterocycles. The minimum Gasteiger partial charge on any atom is -0.314 e. The minimum atomic E-state index is 0.600. The third-order valence-electron chi connectivity index (χ3n) is 3.66. The average molecular weight is 256 g/mol. The van der Waals surface area contributed by atoms with Crippen molar-refractivity contribution in [1.29, 1.82) is 0 Å². The lowest BCUT2D eigenvalue weighted by molar-refractivity contribution is 0.319. The molecule has 1 unspecified atom stereocenters. The van der Waals surface area contributed by atoms with Crippen LogP contribution in [-0.2, 0) is 13.5 Å². The van der Waals surface area contributed by atoms with Crippen LogP contribution in [0.25, 0.3) is 0 Å². The lowest BCUT2D eigenvalue weighted by Gasteiger charge is -2.28. The topological polar surface area (TPSA) is 29.9 Å². The highest BCUT2D eigenvalue weighted by molar-refractivity contribution is 6.31. The number of halogens is 1. The summed E-state index contributed by atoms with van der Waals surface area (Å²) in [6, 6.07) is 0.765. The zero-order valence-electron chi connectivity index (χ0n) is 11.0. The van der Waals surface area contributed by atoms with Gasteiger partial charge in [-0.05, 0) is 38.6 Å². The molecule has 1 saturated carbocycles. The second kappa shape index (κ2) is 5.40. The van der Waals surface area contributed by atoms with Gasteiger partial charge in [0.2, 0.25) is 0 Å². The maximum Gasteiger partial charge on any atom is 0.0847 e. The highest BCUT2D eigenvalue weighted by Gasteiger charge is 2.19. The van der Waals surface area contributed by atoms with Gasteiger partial charge in [-0.15, -0.1) is 0 Å². The van der Waals surface area contributed by atoms with E-state index in [1.807, 2.05) is 18.7 Å². The molecule has 1 atom stereocenters. The van der Waals surface area contributed by atoms with Gasteiger partial charge in [0.05, 0.1) is 16.4 Å². The van der Waals surface area contributed by atoms with Gasteiger partial charge in [0.25, 0.3) is 0 Å². The van der Waals surface area contributed by atoms with E-state index in [0.717, 1.165) is 35.4 Å². The van der Waals surface area contributed by atoms with Crippen LogP contribution in [-0.4, -0.2) is 22.4 Å². The minimum absolute atomic E-state index is 0.600. The number of hydrogen-bond donors (Lipinski definition) is 1. The smallest absolute Gasteiger partial charge is 0.0847 e. The van der Waals surface area contributed by atoms with E-state index < -0.39 is 0 Å². The first-order valence-corrected chi connectivity index (χ1v) is 6.87. The normalized spacial score (nSPS) is 18.1. The fourth-order valence-corrected chi connectivity index (χ4v) is 2.52. The van der Waals surface area contributed by atoms with Crippen molar-refractivity contribution >= 4 is 11.6 Å². The molecule has 1 aromatic rings. The predicted octanol–water partition coefficient (Wildman–Crippen LogP) is 2.70. The lowest BCUT2D eigenvalue weighted by atomic mass is 9.92. The van der Waals surface area contributed by atoms with E-state index in [9.17, 15) is 0 Å². The molecule has 1 aromatic heterocycles. The molecular weight excluding hydrogens is 234 g/mol. The van der Waals surface area contributed by atoms with Crippen LogP contribution in [0.4, 0.5) is 0 Å². The molecular formula is C13H22ClN3. The summed E-state index contributed by atoms with van der Waals surface area (Å²) in [5.41, 5.74) is 2.09. The van der Waals surface area contributed by atoms with Crippen molar-refractivity contribution in [1.82, 2.24) is 15.1 Å². The third-order valence-corrected chi connectivity index (χ3v) is 4.16. The zero-order chi connectivity index (χ0) is 12.4. The SMILES string of the molecule is Cc1nn(C)c(CC(C)CNC2CCC2)c1Cl. The van der Waals surface area contributed by atoms with Crippen molar-refractivity contribution < 1.29 is 0 Å². The molecule has 1 aliphatic carbocycles. The van der Waals surface area contributed by atoms with E-state index in [-0.39, 0.29) is 0 Å². The fraction of sp³-hybridized carbons (Fsp3) is 0.769. The molecule has 0 radical (unpaired) electrons. The standard InChI is InChI=1S/C13H22ClN3/c1-9(8-15-11-5-4-6-11)7-12-13(14)10(2)16-17(12)3/h9,11,15H,4-8H2,1-3H3. The molecule has 0 aliphatic heterocycles. The molecule has 0 bridgehead atoms. The van der Waals surface area contributed by atoms with Gasteiger partial charge >= 0.3 is 0 Å². The first-order valence-electron chi connectivity index (χ1n) is 6.49. The summed E-state index contributed by atoms with van der Waals surface area (Å²) in [4.78, 5) is 0. The number of aryl methyl sites for hydroxylation is 2. The van der Waals surface area contributed by atoms with E-state index in [0.29, 0.717) is 5.92 Å². The van der Waals surface area contributed by atoms with Gasteiger partial charge in [0, 0.05) is 13.1 Å². The molecule has 3 nitrogen and oxygen atoms in total. The Morgan fingerprint density at radius 1 is 1.53 bits per heavy atom. The number of nitrogens with zero attached hydrogens (tertiary/aromatic N) is 2. The van der Waals surface area contributed by atoms with Crippen LogP contribution >= 0.6 is 11.6 Å². The Kier molecular flexibility index (Phi) is 4.10. The van der Waals surface area contributed by atoms with Crippen LogP contribution in [0.3, 0.4) is 0 Å². The number of hydrogen-bond acceptors (Lipinski definition) is 2. The van der Waals surface area contributed by atoms with Gasteiger partial charge in [-0.1, -0.05) is 24.9 Å². The van der Waals surface area contributed by atoms with Crippen molar-refractivity contribution in [3.63, 3.8) is 0 Å². The van der Waals surface area contributed by atoms with Crippen molar-refractivity contribution in [2.45, 2.75) is 45.6 Å². The number of aromatic nitrogens is 2. The van der Waals surface area contributed by atoms with Gasteiger partial charge in [-0.3, -0.25) is 4.68 Å². The lowest BCUT2D eigenvalue weighted by Crippen LogP contribution is -2.38. The van der Waals surface area contributed by atoms with E-state index in [1.54, 1.807) is 0 Å². The summed E-state index contributed by atoms with van der Waals surface area (Å²) < 4.78 is 1.91. The van der Waals surface area contributed by atoms with Crippen LogP contribution < -0.4 is 5.32 Å². The molecule has 17 heavy (non-hydrogen) atoms. The Bertz CT molecular complexity index is 382. The van der Waals surface area contributed by atoms with Crippen LogP contribution in [0.5, 0.6) is 0 Å². The summed E-state index contributed by atoms with van der Waals surface area (Å²) in [5.74, 6) is 0.600. The Labute approximate surface area is 109 Å². The predicted molar refractivity (Wildman–Crippen MR) is 71.5 cm³/mol. The summed E-state index contributed by atoms with van der Waals surface area (Å²) in [6.07, 6.45) is 5.07. The second-order valence-electron chi connectivity index (χ2n) is 5.32. The van der Waals surface area contributed by atoms with Crippen LogP contribution in [0.15, 0.2) is 0 Å². The monoisotopic (exact) mass is 255 g/mol. The fourth-order valence-electron chi connectivity index (χ4n) is 2.28. The largest absolute Gasteiger partial charge is 0.314 e. The van der Waals surface area contributed by atoms with Crippen molar-refractivity contribution in [3.05, 3.63) is 16.4 Å². The molecule has 1 aliphatic rings. The van der Waals surface area contributed by atoms with Gasteiger partial charge < -0.3 is 5.32 Å². The summed E-state index contributed by atoms with van der Waals surface area (Å²) >= 11 is 6.26. The Balaban J connectivity index is 1.86. The Morgan fingerprint density at radius 3 is 2.71 bits per heavy atom. The third kappa shape index (κ3) is 3.02. The van der Waals surface area contributed by atoms with E-state index in [1.165, 1.54) is 19.3 Å². The number of rotatable bonds is 5. The summed E-state index contributed by atoms with van der Waals surface area (Å²) in [6.45, 7) is 5.30. The quantitative estimate of drug-likeness (QED) is 0.877. The van der Waals surface area contributed by atoms with Crippen molar-refractivity contribution in [3.8, 4) is 0 Å². The van der Waals surface area contributed by atoms with Crippen LogP contribution in [0.2, 0.25) is 5.02 Å². The van der Waals surface area contributed by atoms with Crippen LogP contribution in [0.1, 0.15) is 37.6 Å². The van der Waals surface area contributed by atoms with Crippen molar-refractivity contribution in [2.24, 2.45) is 13.0 Å². The van der Waals surface area contributed by atoms with E-state index in [2.05, 4.69) is 17.3 Å². The van der Waals surface area contributed by atoms with E-state index >= 15 is 0 Å². The van der Waals surface area contributed by atoms with Gasteiger partial charge in [0.15, 0.2) is 0 Å². The highest BCUT2D eigenvalue weighted by Crippen LogP contribution is 2.23. The molecule has 0 spiro atoms. The van der Waals surface area contributed by atoms with E-state index in [4.69, 9.17) is 11.6 Å².